The Hall–Kier alpha value is -1.74. The zero-order valence-electron chi connectivity index (χ0n) is 12.0. The maximum Gasteiger partial charge on any atom is 0.239 e. The Kier molecular flexibility index (Phi) is 4.85. The molecule has 0 radical (unpaired) electrons. The van der Waals surface area contributed by atoms with Gasteiger partial charge in [0.2, 0.25) is 5.91 Å². The lowest BCUT2D eigenvalue weighted by Gasteiger charge is -2.21. The molecule has 3 heteroatoms. The van der Waals surface area contributed by atoms with Crippen LogP contribution in [-0.4, -0.2) is 18.2 Å². The van der Waals surface area contributed by atoms with Gasteiger partial charge in [-0.3, -0.25) is 4.79 Å². The Morgan fingerprint density at radius 3 is 2.25 bits per heavy atom. The second-order valence-corrected chi connectivity index (χ2v) is 6.22. The topological polar surface area (TPSA) is 20.3 Å². The van der Waals surface area contributed by atoms with E-state index in [-0.39, 0.29) is 11.2 Å². The summed E-state index contributed by atoms with van der Waals surface area (Å²) in [5.41, 5.74) is 2.16. The first-order chi connectivity index (χ1) is 9.58. The van der Waals surface area contributed by atoms with Crippen molar-refractivity contribution >= 4 is 23.4 Å². The zero-order chi connectivity index (χ0) is 14.5. The first kappa shape index (κ1) is 14.7. The van der Waals surface area contributed by atoms with Crippen LogP contribution in [0.4, 0.5) is 5.69 Å². The Morgan fingerprint density at radius 1 is 1.05 bits per heavy atom. The van der Waals surface area contributed by atoms with Crippen molar-refractivity contribution in [2.45, 2.75) is 24.0 Å². The summed E-state index contributed by atoms with van der Waals surface area (Å²) < 4.78 is 0. The first-order valence-electron chi connectivity index (χ1n) is 6.64. The van der Waals surface area contributed by atoms with Gasteiger partial charge in [-0.25, -0.2) is 0 Å². The third kappa shape index (κ3) is 3.64. The highest BCUT2D eigenvalue weighted by Crippen LogP contribution is 2.25. The maximum absolute atomic E-state index is 12.4. The van der Waals surface area contributed by atoms with E-state index in [9.17, 15) is 4.79 Å². The molecule has 0 heterocycles. The standard InChI is InChI=1S/C17H19NOS/c1-13-9-11-16(12-10-13)20-14(2)17(19)18(3)15-7-5-4-6-8-15/h4-12,14H,1-3H3. The van der Waals surface area contributed by atoms with Crippen LogP contribution < -0.4 is 4.90 Å². The predicted octanol–water partition coefficient (Wildman–Crippen LogP) is 4.14. The fraction of sp³-hybridized carbons (Fsp3) is 0.235. The highest BCUT2D eigenvalue weighted by atomic mass is 32.2. The van der Waals surface area contributed by atoms with Gasteiger partial charge in [0.05, 0.1) is 5.25 Å². The Morgan fingerprint density at radius 2 is 1.65 bits per heavy atom. The number of aryl methyl sites for hydroxylation is 1. The van der Waals surface area contributed by atoms with Crippen LogP contribution >= 0.6 is 11.8 Å². The Labute approximate surface area is 124 Å². The molecule has 0 aromatic heterocycles. The summed E-state index contributed by atoms with van der Waals surface area (Å²) in [5.74, 6) is 0.113. The molecule has 0 fully saturated rings. The first-order valence-corrected chi connectivity index (χ1v) is 7.52. The third-order valence-corrected chi connectivity index (χ3v) is 4.26. The lowest BCUT2D eigenvalue weighted by Crippen LogP contribution is -2.33. The van der Waals surface area contributed by atoms with E-state index in [1.807, 2.05) is 44.3 Å². The van der Waals surface area contributed by atoms with Gasteiger partial charge < -0.3 is 4.90 Å². The molecule has 104 valence electrons. The molecule has 2 nitrogen and oxygen atoms in total. The molecule has 0 aliphatic heterocycles. The maximum atomic E-state index is 12.4. The number of anilines is 1. The summed E-state index contributed by atoms with van der Waals surface area (Å²) in [5, 5.41) is -0.108. The quantitative estimate of drug-likeness (QED) is 0.787. The van der Waals surface area contributed by atoms with Gasteiger partial charge in [-0.2, -0.15) is 0 Å². The number of hydrogen-bond donors (Lipinski definition) is 0. The Balaban J connectivity index is 2.03. The van der Waals surface area contributed by atoms with E-state index in [1.54, 1.807) is 16.7 Å². The minimum atomic E-state index is -0.108. The smallest absolute Gasteiger partial charge is 0.239 e. The molecule has 0 aliphatic carbocycles. The summed E-state index contributed by atoms with van der Waals surface area (Å²) in [4.78, 5) is 15.3. The number of nitrogens with zero attached hydrogens (tertiary/aromatic N) is 1. The molecular formula is C17H19NOS. The molecule has 20 heavy (non-hydrogen) atoms. The number of para-hydroxylation sites is 1. The molecular weight excluding hydrogens is 266 g/mol. The summed E-state index contributed by atoms with van der Waals surface area (Å²) in [6.45, 7) is 4.01. The third-order valence-electron chi connectivity index (χ3n) is 3.16. The molecule has 0 spiro atoms. The molecule has 2 aromatic rings. The highest BCUT2D eigenvalue weighted by molar-refractivity contribution is 8.00. The fourth-order valence-electron chi connectivity index (χ4n) is 1.92. The van der Waals surface area contributed by atoms with E-state index in [2.05, 4.69) is 31.2 Å². The highest BCUT2D eigenvalue weighted by Gasteiger charge is 2.19. The molecule has 2 aromatic carbocycles. The lowest BCUT2D eigenvalue weighted by molar-refractivity contribution is -0.117. The predicted molar refractivity (Wildman–Crippen MR) is 86.4 cm³/mol. The van der Waals surface area contributed by atoms with E-state index in [0.29, 0.717) is 0 Å². The van der Waals surface area contributed by atoms with Crippen LogP contribution in [0.15, 0.2) is 59.5 Å². The molecule has 0 N–H and O–H groups in total. The average molecular weight is 285 g/mol. The van der Waals surface area contributed by atoms with Crippen molar-refractivity contribution in [2.24, 2.45) is 0 Å². The number of rotatable bonds is 4. The minimum absolute atomic E-state index is 0.108. The number of hydrogen-bond acceptors (Lipinski definition) is 2. The van der Waals surface area contributed by atoms with Gasteiger partial charge in [-0.1, -0.05) is 35.9 Å². The lowest BCUT2D eigenvalue weighted by atomic mass is 10.2. The number of thioether (sulfide) groups is 1. The fourth-order valence-corrected chi connectivity index (χ4v) is 2.88. The zero-order valence-corrected chi connectivity index (χ0v) is 12.9. The van der Waals surface area contributed by atoms with Crippen LogP contribution in [0.2, 0.25) is 0 Å². The normalized spacial score (nSPS) is 11.9. The van der Waals surface area contributed by atoms with Crippen LogP contribution in [-0.2, 0) is 4.79 Å². The molecule has 0 saturated carbocycles. The summed E-state index contributed by atoms with van der Waals surface area (Å²) >= 11 is 1.59. The van der Waals surface area contributed by atoms with Crippen molar-refractivity contribution < 1.29 is 4.79 Å². The van der Waals surface area contributed by atoms with Crippen LogP contribution in [0.1, 0.15) is 12.5 Å². The molecule has 1 amide bonds. The second kappa shape index (κ2) is 6.62. The van der Waals surface area contributed by atoms with Gasteiger partial charge in [0.15, 0.2) is 0 Å². The van der Waals surface area contributed by atoms with Crippen molar-refractivity contribution in [2.75, 3.05) is 11.9 Å². The van der Waals surface area contributed by atoms with E-state index in [0.717, 1.165) is 10.6 Å². The molecule has 0 bridgehead atoms. The summed E-state index contributed by atoms with van der Waals surface area (Å²) in [7, 11) is 1.82. The number of amides is 1. The van der Waals surface area contributed by atoms with Crippen molar-refractivity contribution in [1.29, 1.82) is 0 Å². The van der Waals surface area contributed by atoms with Gasteiger partial charge in [0, 0.05) is 17.6 Å². The van der Waals surface area contributed by atoms with E-state index >= 15 is 0 Å². The average Bonchev–Trinajstić information content (AvgIpc) is 2.49. The van der Waals surface area contributed by atoms with Gasteiger partial charge in [0.25, 0.3) is 0 Å². The summed E-state index contributed by atoms with van der Waals surface area (Å²) in [6, 6.07) is 18.0. The number of carbonyl (C=O) groups is 1. The van der Waals surface area contributed by atoms with E-state index in [4.69, 9.17) is 0 Å². The molecule has 2 rings (SSSR count). The molecule has 0 aliphatic rings. The summed E-state index contributed by atoms with van der Waals surface area (Å²) in [6.07, 6.45) is 0. The number of carbonyl (C=O) groups excluding carboxylic acids is 1. The molecule has 1 atom stereocenters. The second-order valence-electron chi connectivity index (χ2n) is 4.81. The van der Waals surface area contributed by atoms with Crippen LogP contribution in [0.3, 0.4) is 0 Å². The van der Waals surface area contributed by atoms with Crippen molar-refractivity contribution in [1.82, 2.24) is 0 Å². The molecule has 0 saturated heterocycles. The van der Waals surface area contributed by atoms with Gasteiger partial charge >= 0.3 is 0 Å². The van der Waals surface area contributed by atoms with Gasteiger partial charge in [-0.05, 0) is 38.1 Å². The van der Waals surface area contributed by atoms with Crippen LogP contribution in [0.25, 0.3) is 0 Å². The van der Waals surface area contributed by atoms with Crippen molar-refractivity contribution in [3.63, 3.8) is 0 Å². The van der Waals surface area contributed by atoms with E-state index in [1.165, 1.54) is 5.56 Å². The molecule has 1 unspecified atom stereocenters. The van der Waals surface area contributed by atoms with Crippen molar-refractivity contribution in [3.8, 4) is 0 Å². The van der Waals surface area contributed by atoms with Crippen molar-refractivity contribution in [3.05, 3.63) is 60.2 Å². The minimum Gasteiger partial charge on any atom is -0.315 e. The van der Waals surface area contributed by atoms with Crippen LogP contribution in [0.5, 0.6) is 0 Å². The van der Waals surface area contributed by atoms with Crippen LogP contribution in [0, 0.1) is 6.92 Å². The largest absolute Gasteiger partial charge is 0.315 e. The SMILES string of the molecule is Cc1ccc(SC(C)C(=O)N(C)c2ccccc2)cc1. The Bertz CT molecular complexity index is 565. The van der Waals surface area contributed by atoms with Gasteiger partial charge in [0.1, 0.15) is 0 Å². The number of benzene rings is 2. The van der Waals surface area contributed by atoms with Gasteiger partial charge in [-0.15, -0.1) is 11.8 Å². The monoisotopic (exact) mass is 285 g/mol. The van der Waals surface area contributed by atoms with E-state index < -0.39 is 0 Å².